The summed E-state index contributed by atoms with van der Waals surface area (Å²) in [5, 5.41) is 10.5. The molecule has 2 aromatic rings. The molecule has 112 valence electrons. The highest BCUT2D eigenvalue weighted by atomic mass is 32.2. The minimum atomic E-state index is -0.228. The van der Waals surface area contributed by atoms with Crippen molar-refractivity contribution in [2.75, 3.05) is 0 Å². The lowest BCUT2D eigenvalue weighted by Gasteiger charge is -2.17. The Labute approximate surface area is 128 Å². The molecule has 0 spiro atoms. The summed E-state index contributed by atoms with van der Waals surface area (Å²) < 4.78 is 0. The van der Waals surface area contributed by atoms with Crippen molar-refractivity contribution in [2.45, 2.75) is 43.5 Å². The summed E-state index contributed by atoms with van der Waals surface area (Å²) in [6.45, 7) is 5.70. The maximum absolute atomic E-state index is 12.3. The predicted molar refractivity (Wildman–Crippen MR) is 81.9 cm³/mol. The molecule has 0 aliphatic rings. The van der Waals surface area contributed by atoms with E-state index in [1.54, 1.807) is 6.20 Å². The number of pyridine rings is 1. The van der Waals surface area contributed by atoms with Crippen molar-refractivity contribution < 1.29 is 4.79 Å². The van der Waals surface area contributed by atoms with E-state index in [-0.39, 0.29) is 17.2 Å². The molecule has 2 unspecified atom stereocenters. The molecule has 6 nitrogen and oxygen atoms in total. The molecule has 0 aromatic carbocycles. The number of hydrogen-bond donors (Lipinski definition) is 2. The number of H-pyrrole nitrogens is 1. The molecule has 0 radical (unpaired) electrons. The van der Waals surface area contributed by atoms with Gasteiger partial charge in [0, 0.05) is 6.20 Å². The zero-order valence-electron chi connectivity index (χ0n) is 12.3. The van der Waals surface area contributed by atoms with Crippen LogP contribution in [0.3, 0.4) is 0 Å². The highest BCUT2D eigenvalue weighted by Gasteiger charge is 2.21. The molecule has 2 aromatic heterocycles. The summed E-state index contributed by atoms with van der Waals surface area (Å²) in [5.41, 5.74) is 0. The number of aryl methyl sites for hydroxylation is 1. The topological polar surface area (TPSA) is 83.6 Å². The molecule has 2 N–H and O–H groups in total. The summed E-state index contributed by atoms with van der Waals surface area (Å²) in [6.07, 6.45) is 2.46. The first-order valence-electron chi connectivity index (χ1n) is 6.87. The number of hydrogen-bond acceptors (Lipinski definition) is 5. The van der Waals surface area contributed by atoms with Crippen LogP contribution in [-0.4, -0.2) is 31.3 Å². The molecule has 0 aliphatic heterocycles. The number of nitrogens with one attached hydrogen (secondary N) is 2. The van der Waals surface area contributed by atoms with Crippen LogP contribution >= 0.6 is 11.8 Å². The number of nitrogens with zero attached hydrogens (tertiary/aromatic N) is 3. The van der Waals surface area contributed by atoms with Gasteiger partial charge < -0.3 is 5.32 Å². The van der Waals surface area contributed by atoms with Gasteiger partial charge in [-0.05, 0) is 32.4 Å². The highest BCUT2D eigenvalue weighted by molar-refractivity contribution is 8.00. The van der Waals surface area contributed by atoms with Gasteiger partial charge in [-0.1, -0.05) is 24.8 Å². The van der Waals surface area contributed by atoms with Gasteiger partial charge in [-0.15, -0.1) is 0 Å². The number of carbonyl (C=O) groups is 1. The first-order valence-corrected chi connectivity index (χ1v) is 7.75. The van der Waals surface area contributed by atoms with E-state index < -0.39 is 0 Å². The fourth-order valence-electron chi connectivity index (χ4n) is 1.81. The molecule has 7 heteroatoms. The van der Waals surface area contributed by atoms with Gasteiger partial charge in [0.15, 0.2) is 5.82 Å². The lowest BCUT2D eigenvalue weighted by Crippen LogP contribution is -2.34. The van der Waals surface area contributed by atoms with E-state index in [4.69, 9.17) is 0 Å². The van der Waals surface area contributed by atoms with Gasteiger partial charge in [-0.3, -0.25) is 9.89 Å². The van der Waals surface area contributed by atoms with E-state index in [1.165, 1.54) is 11.8 Å². The van der Waals surface area contributed by atoms with Crippen molar-refractivity contribution in [1.29, 1.82) is 0 Å². The Morgan fingerprint density at radius 3 is 2.86 bits per heavy atom. The minimum Gasteiger partial charge on any atom is -0.345 e. The van der Waals surface area contributed by atoms with Gasteiger partial charge in [0.1, 0.15) is 5.82 Å². The van der Waals surface area contributed by atoms with Gasteiger partial charge >= 0.3 is 0 Å². The number of aromatic nitrogens is 4. The van der Waals surface area contributed by atoms with E-state index in [0.29, 0.717) is 5.82 Å². The molecule has 2 heterocycles. The first-order chi connectivity index (χ1) is 10.1. The van der Waals surface area contributed by atoms with Crippen molar-refractivity contribution >= 4 is 17.7 Å². The van der Waals surface area contributed by atoms with E-state index >= 15 is 0 Å². The summed E-state index contributed by atoms with van der Waals surface area (Å²) >= 11 is 1.43. The van der Waals surface area contributed by atoms with Crippen LogP contribution in [0.4, 0.5) is 0 Å². The fraction of sp³-hybridized carbons (Fsp3) is 0.429. The number of rotatable bonds is 6. The summed E-state index contributed by atoms with van der Waals surface area (Å²) in [4.78, 5) is 20.8. The molecule has 0 aliphatic carbocycles. The van der Waals surface area contributed by atoms with Crippen LogP contribution in [-0.2, 0) is 4.79 Å². The second-order valence-corrected chi connectivity index (χ2v) is 6.04. The molecular weight excluding hydrogens is 286 g/mol. The Morgan fingerprint density at radius 2 is 2.29 bits per heavy atom. The molecule has 21 heavy (non-hydrogen) atoms. The minimum absolute atomic E-state index is 0.0417. The molecule has 2 rings (SSSR count). The molecule has 0 saturated carbocycles. The second kappa shape index (κ2) is 7.21. The lowest BCUT2D eigenvalue weighted by molar-refractivity contribution is -0.121. The van der Waals surface area contributed by atoms with E-state index in [2.05, 4.69) is 25.5 Å². The molecule has 0 saturated heterocycles. The first kappa shape index (κ1) is 15.5. The van der Waals surface area contributed by atoms with Crippen molar-refractivity contribution in [3.63, 3.8) is 0 Å². The molecule has 1 amide bonds. The number of carbonyl (C=O) groups excluding carboxylic acids is 1. The Morgan fingerprint density at radius 1 is 1.48 bits per heavy atom. The zero-order valence-corrected chi connectivity index (χ0v) is 13.1. The Hall–Kier alpha value is -1.89. The van der Waals surface area contributed by atoms with Crippen LogP contribution < -0.4 is 5.32 Å². The summed E-state index contributed by atoms with van der Waals surface area (Å²) in [5.74, 6) is 1.33. The van der Waals surface area contributed by atoms with Crippen LogP contribution in [0.1, 0.15) is 38.0 Å². The van der Waals surface area contributed by atoms with Crippen LogP contribution in [0.5, 0.6) is 0 Å². The summed E-state index contributed by atoms with van der Waals surface area (Å²) in [7, 11) is 0. The van der Waals surface area contributed by atoms with Crippen LogP contribution in [0, 0.1) is 6.92 Å². The molecule has 0 fully saturated rings. The average molecular weight is 305 g/mol. The molecule has 2 atom stereocenters. The number of amides is 1. The van der Waals surface area contributed by atoms with Crippen LogP contribution in [0.15, 0.2) is 29.4 Å². The Bertz CT molecular complexity index is 586. The van der Waals surface area contributed by atoms with Gasteiger partial charge in [0.05, 0.1) is 16.3 Å². The average Bonchev–Trinajstić information content (AvgIpc) is 2.92. The third-order valence-corrected chi connectivity index (χ3v) is 4.01. The van der Waals surface area contributed by atoms with Gasteiger partial charge in [-0.25, -0.2) is 9.97 Å². The number of thioether (sulfide) groups is 1. The van der Waals surface area contributed by atoms with Crippen molar-refractivity contribution in [2.24, 2.45) is 0 Å². The Balaban J connectivity index is 1.96. The van der Waals surface area contributed by atoms with Crippen molar-refractivity contribution in [3.8, 4) is 0 Å². The standard InChI is InChI=1S/C14H19N5OS/c1-4-11(13-16-10(3)18-19-13)17-14(20)9(2)21-12-7-5-6-8-15-12/h5-9,11H,4H2,1-3H3,(H,17,20)(H,16,18,19). The molecule has 0 bridgehead atoms. The Kier molecular flexibility index (Phi) is 5.32. The van der Waals surface area contributed by atoms with Crippen LogP contribution in [0.25, 0.3) is 0 Å². The lowest BCUT2D eigenvalue weighted by atomic mass is 10.2. The third-order valence-electron chi connectivity index (χ3n) is 2.96. The van der Waals surface area contributed by atoms with E-state index in [9.17, 15) is 4.79 Å². The largest absolute Gasteiger partial charge is 0.345 e. The number of aromatic amines is 1. The third kappa shape index (κ3) is 4.29. The van der Waals surface area contributed by atoms with Gasteiger partial charge in [-0.2, -0.15) is 5.10 Å². The normalized spacial score (nSPS) is 13.7. The second-order valence-electron chi connectivity index (χ2n) is 4.68. The smallest absolute Gasteiger partial charge is 0.233 e. The summed E-state index contributed by atoms with van der Waals surface area (Å²) in [6, 6.07) is 5.48. The zero-order chi connectivity index (χ0) is 15.2. The molecular formula is C14H19N5OS. The maximum Gasteiger partial charge on any atom is 0.233 e. The quantitative estimate of drug-likeness (QED) is 0.800. The monoisotopic (exact) mass is 305 g/mol. The van der Waals surface area contributed by atoms with Crippen LogP contribution in [0.2, 0.25) is 0 Å². The van der Waals surface area contributed by atoms with E-state index in [0.717, 1.165) is 17.3 Å². The highest BCUT2D eigenvalue weighted by Crippen LogP contribution is 2.21. The maximum atomic E-state index is 12.3. The van der Waals surface area contributed by atoms with Gasteiger partial charge in [0.25, 0.3) is 0 Å². The van der Waals surface area contributed by atoms with E-state index in [1.807, 2.05) is 39.0 Å². The van der Waals surface area contributed by atoms with Gasteiger partial charge in [0.2, 0.25) is 5.91 Å². The van der Waals surface area contributed by atoms with Crippen molar-refractivity contribution in [1.82, 2.24) is 25.5 Å². The fourth-order valence-corrected chi connectivity index (χ4v) is 2.62. The van der Waals surface area contributed by atoms with Crippen molar-refractivity contribution in [3.05, 3.63) is 36.0 Å². The SMILES string of the molecule is CCC(NC(=O)C(C)Sc1ccccn1)c1n[nH]c(C)n1. The predicted octanol–water partition coefficient (Wildman–Crippen LogP) is 2.26.